The molecule has 1 unspecified atom stereocenters. The van der Waals surface area contributed by atoms with Gasteiger partial charge in [-0.2, -0.15) is 0 Å². The number of nitro groups is 2. The third-order valence-corrected chi connectivity index (χ3v) is 5.29. The van der Waals surface area contributed by atoms with E-state index in [1.54, 1.807) is 6.07 Å². The Morgan fingerprint density at radius 2 is 1.73 bits per heavy atom. The summed E-state index contributed by atoms with van der Waals surface area (Å²) in [6.45, 7) is 1.39. The first kappa shape index (κ1) is 21.6. The number of amides is 1. The molecule has 0 aliphatic carbocycles. The van der Waals surface area contributed by atoms with Crippen LogP contribution < -0.4 is 5.32 Å². The summed E-state index contributed by atoms with van der Waals surface area (Å²) in [6.07, 6.45) is 1.85. The lowest BCUT2D eigenvalue weighted by Gasteiger charge is -2.29. The molecule has 1 aliphatic rings. The van der Waals surface area contributed by atoms with Crippen molar-refractivity contribution in [1.29, 1.82) is 0 Å². The number of rotatable bonds is 7. The SMILES string of the molecule is O=C(NCC(c1c(F)cccc1Cl)N1CCCC1)c1cc([N+](=O)[O-])cc([N+](=O)[O-])c1. The third-order valence-electron chi connectivity index (χ3n) is 4.96. The average Bonchev–Trinajstić information content (AvgIpc) is 3.24. The highest BCUT2D eigenvalue weighted by Gasteiger charge is 2.28. The number of nitrogens with zero attached hydrogens (tertiary/aromatic N) is 3. The summed E-state index contributed by atoms with van der Waals surface area (Å²) in [5.41, 5.74) is -1.10. The summed E-state index contributed by atoms with van der Waals surface area (Å²) >= 11 is 6.22. The van der Waals surface area contributed by atoms with Crippen LogP contribution in [0.15, 0.2) is 36.4 Å². The quantitative estimate of drug-likeness (QED) is 0.520. The molecule has 1 heterocycles. The zero-order chi connectivity index (χ0) is 21.8. The van der Waals surface area contributed by atoms with E-state index in [1.807, 2.05) is 4.90 Å². The van der Waals surface area contributed by atoms with Crippen LogP contribution >= 0.6 is 11.6 Å². The smallest absolute Gasteiger partial charge is 0.277 e. The molecule has 1 saturated heterocycles. The van der Waals surface area contributed by atoms with Crippen molar-refractivity contribution >= 4 is 28.9 Å². The van der Waals surface area contributed by atoms with Gasteiger partial charge in [0.15, 0.2) is 0 Å². The summed E-state index contributed by atoms with van der Waals surface area (Å²) in [5.74, 6) is -1.24. The number of nitrogens with one attached hydrogen (secondary N) is 1. The molecule has 1 fully saturated rings. The number of hydrogen-bond acceptors (Lipinski definition) is 6. The van der Waals surface area contributed by atoms with Crippen molar-refractivity contribution in [3.63, 3.8) is 0 Å². The summed E-state index contributed by atoms with van der Waals surface area (Å²) in [6, 6.07) is 6.50. The molecule has 30 heavy (non-hydrogen) atoms. The van der Waals surface area contributed by atoms with Crippen molar-refractivity contribution < 1.29 is 19.0 Å². The standard InChI is InChI=1S/C19H18ClFN4O5/c20-15-4-3-5-16(21)18(15)17(23-6-1-2-7-23)11-22-19(26)12-8-13(24(27)28)10-14(9-12)25(29)30/h3-5,8-10,17H,1-2,6-7,11H2,(H,22,26). The summed E-state index contributed by atoms with van der Waals surface area (Å²) in [7, 11) is 0. The van der Waals surface area contributed by atoms with Crippen LogP contribution in [-0.4, -0.2) is 40.3 Å². The Kier molecular flexibility index (Phi) is 6.58. The second kappa shape index (κ2) is 9.14. The lowest BCUT2D eigenvalue weighted by atomic mass is 10.0. The van der Waals surface area contributed by atoms with Gasteiger partial charge in [0.1, 0.15) is 5.82 Å². The topological polar surface area (TPSA) is 119 Å². The fourth-order valence-electron chi connectivity index (χ4n) is 3.52. The van der Waals surface area contributed by atoms with E-state index in [9.17, 15) is 29.4 Å². The van der Waals surface area contributed by atoms with Gasteiger partial charge in [-0.25, -0.2) is 4.39 Å². The number of hydrogen-bond donors (Lipinski definition) is 1. The van der Waals surface area contributed by atoms with E-state index in [-0.39, 0.29) is 22.7 Å². The molecule has 0 radical (unpaired) electrons. The molecule has 1 amide bonds. The molecule has 1 atom stereocenters. The maximum Gasteiger partial charge on any atom is 0.277 e. The predicted octanol–water partition coefficient (Wildman–Crippen LogP) is 3.86. The number of non-ortho nitro benzene ring substituents is 2. The highest BCUT2D eigenvalue weighted by Crippen LogP contribution is 2.32. The number of carbonyl (C=O) groups excluding carboxylic acids is 1. The Bertz CT molecular complexity index is 944. The molecule has 2 aromatic carbocycles. The van der Waals surface area contributed by atoms with E-state index in [1.165, 1.54) is 12.1 Å². The van der Waals surface area contributed by atoms with Crippen LogP contribution in [0.25, 0.3) is 0 Å². The van der Waals surface area contributed by atoms with Gasteiger partial charge in [0, 0.05) is 29.3 Å². The van der Waals surface area contributed by atoms with E-state index in [2.05, 4.69) is 5.32 Å². The van der Waals surface area contributed by atoms with Crippen LogP contribution in [-0.2, 0) is 0 Å². The van der Waals surface area contributed by atoms with Gasteiger partial charge in [-0.05, 0) is 38.1 Å². The van der Waals surface area contributed by atoms with Gasteiger partial charge >= 0.3 is 0 Å². The fourth-order valence-corrected chi connectivity index (χ4v) is 3.81. The Morgan fingerprint density at radius 3 is 2.27 bits per heavy atom. The van der Waals surface area contributed by atoms with Crippen LogP contribution in [0, 0.1) is 26.0 Å². The minimum atomic E-state index is -0.810. The minimum Gasteiger partial charge on any atom is -0.350 e. The summed E-state index contributed by atoms with van der Waals surface area (Å²) < 4.78 is 14.5. The van der Waals surface area contributed by atoms with Crippen molar-refractivity contribution in [1.82, 2.24) is 10.2 Å². The van der Waals surface area contributed by atoms with Gasteiger partial charge in [-0.1, -0.05) is 17.7 Å². The van der Waals surface area contributed by atoms with Gasteiger partial charge in [0.05, 0.1) is 27.5 Å². The van der Waals surface area contributed by atoms with Crippen LogP contribution in [0.2, 0.25) is 5.02 Å². The van der Waals surface area contributed by atoms with E-state index >= 15 is 0 Å². The molecule has 11 heteroatoms. The Morgan fingerprint density at radius 1 is 1.13 bits per heavy atom. The number of carbonyl (C=O) groups is 1. The average molecular weight is 437 g/mol. The van der Waals surface area contributed by atoms with Gasteiger partial charge in [0.25, 0.3) is 17.3 Å². The van der Waals surface area contributed by atoms with E-state index in [0.717, 1.165) is 31.0 Å². The fraction of sp³-hybridized carbons (Fsp3) is 0.316. The van der Waals surface area contributed by atoms with Gasteiger partial charge < -0.3 is 5.32 Å². The molecule has 2 aromatic rings. The third kappa shape index (κ3) is 4.71. The van der Waals surface area contributed by atoms with Crippen LogP contribution in [0.1, 0.15) is 34.8 Å². The summed E-state index contributed by atoms with van der Waals surface area (Å²) in [4.78, 5) is 35.1. The van der Waals surface area contributed by atoms with Gasteiger partial charge in [-0.15, -0.1) is 0 Å². The molecule has 0 aromatic heterocycles. The maximum atomic E-state index is 14.5. The highest BCUT2D eigenvalue weighted by atomic mass is 35.5. The van der Waals surface area contributed by atoms with Crippen molar-refractivity contribution in [2.45, 2.75) is 18.9 Å². The first-order valence-electron chi connectivity index (χ1n) is 9.18. The largest absolute Gasteiger partial charge is 0.350 e. The van der Waals surface area contributed by atoms with Crippen molar-refractivity contribution in [3.05, 3.63) is 78.6 Å². The number of halogens is 2. The van der Waals surface area contributed by atoms with E-state index in [4.69, 9.17) is 11.6 Å². The lowest BCUT2D eigenvalue weighted by Crippen LogP contribution is -2.37. The first-order valence-corrected chi connectivity index (χ1v) is 9.55. The number of nitro benzene ring substituents is 2. The number of benzene rings is 2. The second-order valence-electron chi connectivity index (χ2n) is 6.86. The van der Waals surface area contributed by atoms with Crippen molar-refractivity contribution in [3.8, 4) is 0 Å². The molecule has 0 spiro atoms. The van der Waals surface area contributed by atoms with Crippen LogP contribution in [0.5, 0.6) is 0 Å². The first-order chi connectivity index (χ1) is 14.3. The van der Waals surface area contributed by atoms with Crippen LogP contribution in [0.3, 0.4) is 0 Å². The van der Waals surface area contributed by atoms with Crippen LogP contribution in [0.4, 0.5) is 15.8 Å². The van der Waals surface area contributed by atoms with E-state index in [0.29, 0.717) is 13.1 Å². The Hall–Kier alpha value is -3.11. The lowest BCUT2D eigenvalue weighted by molar-refractivity contribution is -0.394. The monoisotopic (exact) mass is 436 g/mol. The van der Waals surface area contributed by atoms with Crippen molar-refractivity contribution in [2.24, 2.45) is 0 Å². The van der Waals surface area contributed by atoms with Gasteiger partial charge in [0.2, 0.25) is 0 Å². The van der Waals surface area contributed by atoms with E-state index < -0.39 is 39.0 Å². The Labute approximate surface area is 175 Å². The zero-order valence-corrected chi connectivity index (χ0v) is 16.5. The highest BCUT2D eigenvalue weighted by molar-refractivity contribution is 6.31. The molecular weight excluding hydrogens is 419 g/mol. The molecule has 158 valence electrons. The zero-order valence-electron chi connectivity index (χ0n) is 15.7. The molecule has 0 saturated carbocycles. The summed E-state index contributed by atoms with van der Waals surface area (Å²) in [5, 5.41) is 24.9. The predicted molar refractivity (Wildman–Crippen MR) is 107 cm³/mol. The molecular formula is C19H18ClFN4O5. The molecule has 9 nitrogen and oxygen atoms in total. The maximum absolute atomic E-state index is 14.5. The normalized spacial score (nSPS) is 15.0. The molecule has 1 N–H and O–H groups in total. The minimum absolute atomic E-state index is 0.0179. The molecule has 3 rings (SSSR count). The van der Waals surface area contributed by atoms with Gasteiger partial charge in [-0.3, -0.25) is 29.9 Å². The molecule has 1 aliphatic heterocycles. The number of likely N-dealkylation sites (tertiary alicyclic amines) is 1. The molecule has 0 bridgehead atoms. The second-order valence-corrected chi connectivity index (χ2v) is 7.26. The van der Waals surface area contributed by atoms with Crippen molar-refractivity contribution in [2.75, 3.05) is 19.6 Å². The Balaban J connectivity index is 1.86.